The van der Waals surface area contributed by atoms with Crippen molar-refractivity contribution in [3.8, 4) is 0 Å². The Balaban J connectivity index is 2.89. The molecule has 1 heteroatoms. The maximum Gasteiger partial charge on any atom is 0.311 e. The summed E-state index contributed by atoms with van der Waals surface area (Å²) in [5, 5.41) is 0. The van der Waals surface area contributed by atoms with Crippen molar-refractivity contribution in [2.24, 2.45) is 0 Å². The first-order valence-electron chi connectivity index (χ1n) is 5.18. The van der Waals surface area contributed by atoms with Crippen molar-refractivity contribution < 1.29 is 0 Å². The van der Waals surface area contributed by atoms with E-state index in [1.165, 1.54) is 0 Å². The fourth-order valence-corrected chi connectivity index (χ4v) is 5.96. The van der Waals surface area contributed by atoms with Gasteiger partial charge in [0.25, 0.3) is 0 Å². The van der Waals surface area contributed by atoms with Gasteiger partial charge in [0.15, 0.2) is 0 Å². The SMILES string of the molecule is C[CH](C)[Al]([c]1ccccc1)[CH](C)C. The molecular weight excluding hydrogens is 171 g/mol. The minimum absolute atomic E-state index is 0.739. The highest BCUT2D eigenvalue weighted by molar-refractivity contribution is 6.75. The van der Waals surface area contributed by atoms with E-state index in [9.17, 15) is 0 Å². The quantitative estimate of drug-likeness (QED) is 0.642. The van der Waals surface area contributed by atoms with Gasteiger partial charge in [-0.3, -0.25) is 0 Å². The van der Waals surface area contributed by atoms with Gasteiger partial charge in [-0.2, -0.15) is 0 Å². The Morgan fingerprint density at radius 2 is 1.31 bits per heavy atom. The van der Waals surface area contributed by atoms with Gasteiger partial charge in [-0.25, -0.2) is 0 Å². The second-order valence-electron chi connectivity index (χ2n) is 4.42. The Kier molecular flexibility index (Phi) is 4.03. The molecule has 0 aliphatic carbocycles. The van der Waals surface area contributed by atoms with Gasteiger partial charge >= 0.3 is 14.1 Å². The van der Waals surface area contributed by atoms with Crippen LogP contribution in [0.3, 0.4) is 0 Å². The molecule has 0 aliphatic rings. The van der Waals surface area contributed by atoms with Crippen molar-refractivity contribution in [2.45, 2.75) is 37.3 Å². The largest absolute Gasteiger partial charge is 0.311 e. The summed E-state index contributed by atoms with van der Waals surface area (Å²) < 4.78 is 3.34. The van der Waals surface area contributed by atoms with Crippen LogP contribution >= 0.6 is 0 Å². The lowest BCUT2D eigenvalue weighted by Crippen LogP contribution is -2.35. The third-order valence-corrected chi connectivity index (χ3v) is 6.65. The average Bonchev–Trinajstić information content (AvgIpc) is 2.04. The summed E-state index contributed by atoms with van der Waals surface area (Å²) in [5.74, 6) is 0. The summed E-state index contributed by atoms with van der Waals surface area (Å²) in [7, 11) is 0. The Morgan fingerprint density at radius 1 is 0.846 bits per heavy atom. The minimum Gasteiger partial charge on any atom is -0.110 e. The predicted molar refractivity (Wildman–Crippen MR) is 62.0 cm³/mol. The zero-order valence-electron chi connectivity index (χ0n) is 9.12. The van der Waals surface area contributed by atoms with Gasteiger partial charge in [0, 0.05) is 0 Å². The summed E-state index contributed by atoms with van der Waals surface area (Å²) in [6.07, 6.45) is 0. The number of rotatable bonds is 3. The van der Waals surface area contributed by atoms with Crippen LogP contribution < -0.4 is 4.43 Å². The maximum absolute atomic E-state index is 2.36. The molecule has 0 bridgehead atoms. The van der Waals surface area contributed by atoms with Crippen molar-refractivity contribution >= 4 is 18.6 Å². The number of hydrogen-bond acceptors (Lipinski definition) is 0. The van der Waals surface area contributed by atoms with E-state index in [0.29, 0.717) is 0 Å². The number of benzene rings is 1. The van der Waals surface area contributed by atoms with E-state index in [4.69, 9.17) is 0 Å². The van der Waals surface area contributed by atoms with Crippen molar-refractivity contribution in [3.05, 3.63) is 30.3 Å². The van der Waals surface area contributed by atoms with Gasteiger partial charge in [-0.1, -0.05) is 67.6 Å². The molecule has 0 nitrogen and oxygen atoms in total. The summed E-state index contributed by atoms with van der Waals surface area (Å²) in [6.45, 7) is 9.46. The average molecular weight is 190 g/mol. The van der Waals surface area contributed by atoms with Crippen LogP contribution in [-0.2, 0) is 0 Å². The minimum atomic E-state index is -0.739. The first-order valence-corrected chi connectivity index (χ1v) is 7.09. The van der Waals surface area contributed by atoms with E-state index in [2.05, 4.69) is 58.0 Å². The standard InChI is InChI=1S/C6H5.2C3H7.Al/c1-2-4-6-5-3-1;2*1-3-2;/h1-5H;2*3H,1-2H3;. The molecule has 13 heavy (non-hydrogen) atoms. The molecule has 0 atom stereocenters. The Morgan fingerprint density at radius 3 is 1.69 bits per heavy atom. The highest BCUT2D eigenvalue weighted by Crippen LogP contribution is 2.19. The zero-order chi connectivity index (χ0) is 9.84. The van der Waals surface area contributed by atoms with E-state index in [1.807, 2.05) is 0 Å². The van der Waals surface area contributed by atoms with Crippen molar-refractivity contribution in [1.82, 2.24) is 0 Å². The van der Waals surface area contributed by atoms with E-state index in [-0.39, 0.29) is 0 Å². The van der Waals surface area contributed by atoms with Gasteiger partial charge in [0.05, 0.1) is 0 Å². The van der Waals surface area contributed by atoms with Crippen molar-refractivity contribution in [3.63, 3.8) is 0 Å². The highest BCUT2D eigenvalue weighted by atomic mass is 27.2. The molecule has 0 N–H and O–H groups in total. The zero-order valence-corrected chi connectivity index (χ0v) is 10.3. The van der Waals surface area contributed by atoms with Crippen LogP contribution in [0.15, 0.2) is 30.3 Å². The van der Waals surface area contributed by atoms with Crippen molar-refractivity contribution in [2.75, 3.05) is 0 Å². The molecule has 0 unspecified atom stereocenters. The lowest BCUT2D eigenvalue weighted by Gasteiger charge is -2.19. The maximum atomic E-state index is 2.36. The normalized spacial score (nSPS) is 10.9. The fourth-order valence-electron chi connectivity index (χ4n) is 2.21. The summed E-state index contributed by atoms with van der Waals surface area (Å²) in [5.41, 5.74) is 0. The third-order valence-electron chi connectivity index (χ3n) is 2.62. The fraction of sp³-hybridized carbons (Fsp3) is 0.500. The molecule has 0 saturated heterocycles. The Bertz CT molecular complexity index is 231. The molecule has 1 aromatic carbocycles. The molecular formula is C12H19Al. The Hall–Kier alpha value is -0.248. The van der Waals surface area contributed by atoms with Crippen LogP contribution in [0, 0.1) is 0 Å². The molecule has 0 saturated carbocycles. The Labute approximate surface area is 86.4 Å². The van der Waals surface area contributed by atoms with Gasteiger partial charge < -0.3 is 0 Å². The molecule has 1 rings (SSSR count). The molecule has 0 aliphatic heterocycles. The van der Waals surface area contributed by atoms with Crippen LogP contribution in [-0.4, -0.2) is 14.1 Å². The molecule has 0 heterocycles. The summed E-state index contributed by atoms with van der Waals surface area (Å²) >= 11 is -0.739. The van der Waals surface area contributed by atoms with Crippen LogP contribution in [0.1, 0.15) is 27.7 Å². The molecule has 0 fully saturated rings. The molecule has 0 amide bonds. The molecule has 0 radical (unpaired) electrons. The number of hydrogen-bond donors (Lipinski definition) is 0. The van der Waals surface area contributed by atoms with E-state index >= 15 is 0 Å². The van der Waals surface area contributed by atoms with Gasteiger partial charge in [-0.15, -0.1) is 4.43 Å². The van der Waals surface area contributed by atoms with Crippen LogP contribution in [0.25, 0.3) is 0 Å². The van der Waals surface area contributed by atoms with E-state index in [0.717, 1.165) is 9.56 Å². The second kappa shape index (κ2) is 4.84. The monoisotopic (exact) mass is 190 g/mol. The van der Waals surface area contributed by atoms with Gasteiger partial charge in [-0.05, 0) is 0 Å². The molecule has 70 valence electrons. The first-order chi connectivity index (χ1) is 6.13. The summed E-state index contributed by atoms with van der Waals surface area (Å²) in [4.78, 5) is 0. The third kappa shape index (κ3) is 2.86. The van der Waals surface area contributed by atoms with Crippen LogP contribution in [0.4, 0.5) is 0 Å². The lowest BCUT2D eigenvalue weighted by atomic mass is 10.4. The van der Waals surface area contributed by atoms with Crippen LogP contribution in [0.2, 0.25) is 9.56 Å². The lowest BCUT2D eigenvalue weighted by molar-refractivity contribution is 0.951. The topological polar surface area (TPSA) is 0 Å². The summed E-state index contributed by atoms with van der Waals surface area (Å²) in [6, 6.07) is 11.0. The van der Waals surface area contributed by atoms with Crippen LogP contribution in [0.5, 0.6) is 0 Å². The van der Waals surface area contributed by atoms with Crippen molar-refractivity contribution in [1.29, 1.82) is 0 Å². The molecule has 0 aromatic heterocycles. The molecule has 0 spiro atoms. The van der Waals surface area contributed by atoms with E-state index < -0.39 is 14.1 Å². The van der Waals surface area contributed by atoms with E-state index in [1.54, 1.807) is 4.43 Å². The second-order valence-corrected chi connectivity index (χ2v) is 8.81. The van der Waals surface area contributed by atoms with Gasteiger partial charge in [0.1, 0.15) is 0 Å². The molecule has 1 aromatic rings. The predicted octanol–water partition coefficient (Wildman–Crippen LogP) is 3.21. The smallest absolute Gasteiger partial charge is 0.110 e. The first kappa shape index (κ1) is 10.8. The van der Waals surface area contributed by atoms with Gasteiger partial charge in [0.2, 0.25) is 0 Å². The highest BCUT2D eigenvalue weighted by Gasteiger charge is 2.26.